The van der Waals surface area contributed by atoms with Crippen molar-refractivity contribution in [2.24, 2.45) is 4.99 Å². The quantitative estimate of drug-likeness (QED) is 0.346. The van der Waals surface area contributed by atoms with Crippen molar-refractivity contribution in [3.63, 3.8) is 0 Å². The second kappa shape index (κ2) is 9.28. The Morgan fingerprint density at radius 1 is 1.30 bits per heavy atom. The van der Waals surface area contributed by atoms with Crippen molar-refractivity contribution in [2.45, 2.75) is 26.3 Å². The molecule has 2 N–H and O–H groups in total. The lowest BCUT2D eigenvalue weighted by Crippen LogP contribution is -2.48. The van der Waals surface area contributed by atoms with Crippen LogP contribution in [0.5, 0.6) is 5.75 Å². The summed E-state index contributed by atoms with van der Waals surface area (Å²) in [5.41, 5.74) is -0.0224. The van der Waals surface area contributed by atoms with Crippen LogP contribution in [0, 0.1) is 0 Å². The van der Waals surface area contributed by atoms with Crippen LogP contribution in [0.4, 0.5) is 0 Å². The molecule has 0 spiro atoms. The Hall–Kier alpha value is -0.690. The predicted octanol–water partition coefficient (Wildman–Crippen LogP) is 3.30. The summed E-state index contributed by atoms with van der Waals surface area (Å²) in [5.74, 6) is 1.46. The Balaban J connectivity index is 0.00000361. The van der Waals surface area contributed by atoms with Gasteiger partial charge in [-0.25, -0.2) is 0 Å². The Kier molecular flexibility index (Phi) is 8.96. The Labute approximate surface area is 143 Å². The predicted molar refractivity (Wildman–Crippen MR) is 96.6 cm³/mol. The SMILES string of the molecule is CN=C(NCCOc1ccccc1Cl)NC(C)(C)C.I. The molecule has 0 fully saturated rings. The molecule has 114 valence electrons. The molecule has 0 radical (unpaired) electrons. The second-order valence-corrected chi connectivity index (χ2v) is 5.56. The zero-order chi connectivity index (χ0) is 14.3. The summed E-state index contributed by atoms with van der Waals surface area (Å²) < 4.78 is 5.58. The van der Waals surface area contributed by atoms with Crippen molar-refractivity contribution in [3.05, 3.63) is 29.3 Å². The maximum absolute atomic E-state index is 6.00. The maximum atomic E-state index is 6.00. The lowest BCUT2D eigenvalue weighted by atomic mass is 10.1. The van der Waals surface area contributed by atoms with E-state index in [1.54, 1.807) is 7.05 Å². The molecule has 1 aromatic rings. The molecule has 20 heavy (non-hydrogen) atoms. The number of benzene rings is 1. The van der Waals surface area contributed by atoms with Gasteiger partial charge >= 0.3 is 0 Å². The van der Waals surface area contributed by atoms with Crippen LogP contribution in [0.1, 0.15) is 20.8 Å². The van der Waals surface area contributed by atoms with Gasteiger partial charge in [0.1, 0.15) is 12.4 Å². The zero-order valence-corrected chi connectivity index (χ0v) is 15.5. The number of hydrogen-bond donors (Lipinski definition) is 2. The first-order chi connectivity index (χ1) is 8.92. The fourth-order valence-corrected chi connectivity index (χ4v) is 1.62. The van der Waals surface area contributed by atoms with Crippen LogP contribution in [-0.2, 0) is 0 Å². The van der Waals surface area contributed by atoms with Crippen LogP contribution in [0.3, 0.4) is 0 Å². The number of para-hydroxylation sites is 1. The van der Waals surface area contributed by atoms with E-state index < -0.39 is 0 Å². The van der Waals surface area contributed by atoms with E-state index in [-0.39, 0.29) is 29.5 Å². The second-order valence-electron chi connectivity index (χ2n) is 5.15. The van der Waals surface area contributed by atoms with E-state index in [0.29, 0.717) is 23.9 Å². The first-order valence-corrected chi connectivity index (χ1v) is 6.66. The van der Waals surface area contributed by atoms with E-state index >= 15 is 0 Å². The number of nitrogens with one attached hydrogen (secondary N) is 2. The summed E-state index contributed by atoms with van der Waals surface area (Å²) in [5, 5.41) is 7.08. The Morgan fingerprint density at radius 3 is 2.50 bits per heavy atom. The van der Waals surface area contributed by atoms with Crippen molar-refractivity contribution in [3.8, 4) is 5.75 Å². The number of hydrogen-bond acceptors (Lipinski definition) is 2. The molecule has 1 rings (SSSR count). The van der Waals surface area contributed by atoms with Gasteiger partial charge < -0.3 is 15.4 Å². The lowest BCUT2D eigenvalue weighted by Gasteiger charge is -2.23. The molecule has 0 heterocycles. The van der Waals surface area contributed by atoms with Gasteiger partial charge in [-0.1, -0.05) is 23.7 Å². The molecule has 0 saturated carbocycles. The monoisotopic (exact) mass is 411 g/mol. The standard InChI is InChI=1S/C14H22ClN3O.HI/c1-14(2,3)18-13(16-4)17-9-10-19-12-8-6-5-7-11(12)15;/h5-8H,9-10H2,1-4H3,(H2,16,17,18);1H. The normalized spacial score (nSPS) is 11.6. The van der Waals surface area contributed by atoms with Crippen molar-refractivity contribution in [1.29, 1.82) is 0 Å². The van der Waals surface area contributed by atoms with Gasteiger partial charge in [0.25, 0.3) is 0 Å². The van der Waals surface area contributed by atoms with Crippen LogP contribution in [0.2, 0.25) is 5.02 Å². The van der Waals surface area contributed by atoms with E-state index in [1.165, 1.54) is 0 Å². The summed E-state index contributed by atoms with van der Waals surface area (Å²) in [4.78, 5) is 4.15. The van der Waals surface area contributed by atoms with Gasteiger partial charge in [0.05, 0.1) is 11.6 Å². The average molecular weight is 412 g/mol. The Morgan fingerprint density at radius 2 is 1.95 bits per heavy atom. The number of rotatable bonds is 4. The number of ether oxygens (including phenoxy) is 1. The largest absolute Gasteiger partial charge is 0.490 e. The van der Waals surface area contributed by atoms with E-state index in [4.69, 9.17) is 16.3 Å². The van der Waals surface area contributed by atoms with E-state index in [2.05, 4.69) is 36.4 Å². The average Bonchev–Trinajstić information content (AvgIpc) is 2.33. The molecule has 0 amide bonds. The molecule has 4 nitrogen and oxygen atoms in total. The molecule has 0 atom stereocenters. The van der Waals surface area contributed by atoms with E-state index in [1.807, 2.05) is 24.3 Å². The van der Waals surface area contributed by atoms with E-state index in [9.17, 15) is 0 Å². The van der Waals surface area contributed by atoms with Gasteiger partial charge in [0.2, 0.25) is 0 Å². The first-order valence-electron chi connectivity index (χ1n) is 6.28. The van der Waals surface area contributed by atoms with Crippen molar-refractivity contribution < 1.29 is 4.74 Å². The van der Waals surface area contributed by atoms with Gasteiger partial charge in [-0.2, -0.15) is 0 Å². The number of aliphatic imine (C=N–C) groups is 1. The summed E-state index contributed by atoms with van der Waals surface area (Å²) in [6, 6.07) is 7.44. The molecule has 1 aromatic carbocycles. The fraction of sp³-hybridized carbons (Fsp3) is 0.500. The highest BCUT2D eigenvalue weighted by Gasteiger charge is 2.11. The summed E-state index contributed by atoms with van der Waals surface area (Å²) in [6.45, 7) is 7.43. The molecular formula is C14H23ClIN3O. The van der Waals surface area contributed by atoms with Crippen LogP contribution in [-0.4, -0.2) is 31.7 Å². The lowest BCUT2D eigenvalue weighted by molar-refractivity contribution is 0.321. The molecule has 0 aliphatic heterocycles. The number of nitrogens with zero attached hydrogens (tertiary/aromatic N) is 1. The van der Waals surface area contributed by atoms with Crippen molar-refractivity contribution in [2.75, 3.05) is 20.2 Å². The minimum absolute atomic E-state index is 0. The maximum Gasteiger partial charge on any atom is 0.191 e. The zero-order valence-electron chi connectivity index (χ0n) is 12.4. The number of guanidine groups is 1. The third-order valence-electron chi connectivity index (χ3n) is 2.21. The van der Waals surface area contributed by atoms with Crippen LogP contribution in [0.25, 0.3) is 0 Å². The highest BCUT2D eigenvalue weighted by molar-refractivity contribution is 14.0. The van der Waals surface area contributed by atoms with E-state index in [0.717, 1.165) is 5.96 Å². The van der Waals surface area contributed by atoms with Crippen LogP contribution >= 0.6 is 35.6 Å². The smallest absolute Gasteiger partial charge is 0.191 e. The molecule has 0 unspecified atom stereocenters. The third kappa shape index (κ3) is 7.79. The fourth-order valence-electron chi connectivity index (χ4n) is 1.43. The highest BCUT2D eigenvalue weighted by Crippen LogP contribution is 2.22. The minimum atomic E-state index is -0.0224. The molecule has 0 saturated heterocycles. The third-order valence-corrected chi connectivity index (χ3v) is 2.52. The van der Waals surface area contributed by atoms with Crippen LogP contribution < -0.4 is 15.4 Å². The van der Waals surface area contributed by atoms with Gasteiger partial charge in [0, 0.05) is 12.6 Å². The highest BCUT2D eigenvalue weighted by atomic mass is 127. The summed E-state index contributed by atoms with van der Waals surface area (Å²) in [7, 11) is 1.75. The first kappa shape index (κ1) is 19.3. The van der Waals surface area contributed by atoms with Crippen molar-refractivity contribution >= 4 is 41.5 Å². The number of halogens is 2. The summed E-state index contributed by atoms with van der Waals surface area (Å²) in [6.07, 6.45) is 0. The van der Waals surface area contributed by atoms with Gasteiger partial charge in [-0.15, -0.1) is 24.0 Å². The molecule has 0 aliphatic carbocycles. The molecule has 0 aromatic heterocycles. The van der Waals surface area contributed by atoms with Crippen LogP contribution in [0.15, 0.2) is 29.3 Å². The summed E-state index contributed by atoms with van der Waals surface area (Å²) >= 11 is 6.00. The topological polar surface area (TPSA) is 45.7 Å². The molecular weight excluding hydrogens is 389 g/mol. The molecule has 0 aliphatic rings. The molecule has 0 bridgehead atoms. The van der Waals surface area contributed by atoms with Gasteiger partial charge in [-0.3, -0.25) is 4.99 Å². The Bertz CT molecular complexity index is 433. The van der Waals surface area contributed by atoms with Gasteiger partial charge in [-0.05, 0) is 32.9 Å². The minimum Gasteiger partial charge on any atom is -0.490 e. The molecule has 6 heteroatoms. The van der Waals surface area contributed by atoms with Gasteiger partial charge in [0.15, 0.2) is 5.96 Å². The van der Waals surface area contributed by atoms with Crippen molar-refractivity contribution in [1.82, 2.24) is 10.6 Å².